The fourth-order valence-corrected chi connectivity index (χ4v) is 6.31. The molecule has 174 valence electrons. The number of nitrogens with one attached hydrogen (secondary N) is 1. The summed E-state index contributed by atoms with van der Waals surface area (Å²) in [5.41, 5.74) is 0.280. The molecule has 4 amide bonds. The van der Waals surface area contributed by atoms with E-state index < -0.39 is 45.8 Å². The summed E-state index contributed by atoms with van der Waals surface area (Å²) >= 11 is 0. The summed E-state index contributed by atoms with van der Waals surface area (Å²) in [4.78, 5) is 42.0. The Kier molecular flexibility index (Phi) is 6.25. The predicted molar refractivity (Wildman–Crippen MR) is 123 cm³/mol. The van der Waals surface area contributed by atoms with Crippen molar-refractivity contribution in [1.29, 1.82) is 0 Å². The zero-order chi connectivity index (χ0) is 23.6. The lowest BCUT2D eigenvalue weighted by Crippen LogP contribution is -2.48. The van der Waals surface area contributed by atoms with Gasteiger partial charge in [0.05, 0.1) is 11.5 Å². The van der Waals surface area contributed by atoms with Crippen LogP contribution in [-0.2, 0) is 31.5 Å². The Morgan fingerprint density at radius 2 is 1.73 bits per heavy atom. The summed E-state index contributed by atoms with van der Waals surface area (Å²) < 4.78 is 24.2. The number of sulfone groups is 1. The van der Waals surface area contributed by atoms with E-state index in [1.807, 2.05) is 43.3 Å². The number of urea groups is 1. The van der Waals surface area contributed by atoms with Crippen LogP contribution in [0, 0.1) is 0 Å². The van der Waals surface area contributed by atoms with E-state index in [0.717, 1.165) is 10.5 Å². The lowest BCUT2D eigenvalue weighted by atomic mass is 9.87. The SMILES string of the molecule is CCC1(c2ccccc2)NC(=O)N(CC(=O)N(Cc2ccccc2)C2CCS(=O)(=O)C2)C1=O. The van der Waals surface area contributed by atoms with Crippen molar-refractivity contribution < 1.29 is 22.8 Å². The highest BCUT2D eigenvalue weighted by Crippen LogP contribution is 2.32. The maximum Gasteiger partial charge on any atom is 0.325 e. The number of rotatable bonds is 7. The zero-order valence-electron chi connectivity index (χ0n) is 18.4. The van der Waals surface area contributed by atoms with E-state index in [-0.39, 0.29) is 18.1 Å². The van der Waals surface area contributed by atoms with Crippen LogP contribution in [-0.4, -0.2) is 60.2 Å². The molecule has 2 fully saturated rings. The highest BCUT2D eigenvalue weighted by atomic mass is 32.2. The Morgan fingerprint density at radius 1 is 1.09 bits per heavy atom. The van der Waals surface area contributed by atoms with Gasteiger partial charge in [0, 0.05) is 12.6 Å². The van der Waals surface area contributed by atoms with Gasteiger partial charge in [0.2, 0.25) is 5.91 Å². The molecule has 0 aliphatic carbocycles. The number of hydrogen-bond donors (Lipinski definition) is 1. The minimum absolute atomic E-state index is 0.0202. The van der Waals surface area contributed by atoms with Crippen molar-refractivity contribution in [1.82, 2.24) is 15.1 Å². The summed E-state index contributed by atoms with van der Waals surface area (Å²) in [6.45, 7) is 1.57. The Hall–Kier alpha value is -3.20. The number of nitrogens with zero attached hydrogens (tertiary/aromatic N) is 2. The van der Waals surface area contributed by atoms with Gasteiger partial charge < -0.3 is 10.2 Å². The topological polar surface area (TPSA) is 104 Å². The monoisotopic (exact) mass is 469 g/mol. The fraction of sp³-hybridized carbons (Fsp3) is 0.375. The lowest BCUT2D eigenvalue weighted by Gasteiger charge is -2.30. The molecule has 0 aromatic heterocycles. The average Bonchev–Trinajstić information content (AvgIpc) is 3.30. The van der Waals surface area contributed by atoms with Crippen molar-refractivity contribution in [2.24, 2.45) is 0 Å². The molecule has 2 aromatic carbocycles. The van der Waals surface area contributed by atoms with Crippen LogP contribution in [0.25, 0.3) is 0 Å². The van der Waals surface area contributed by atoms with Crippen molar-refractivity contribution in [2.45, 2.75) is 37.9 Å². The number of carbonyl (C=O) groups excluding carboxylic acids is 3. The maximum atomic E-state index is 13.4. The Morgan fingerprint density at radius 3 is 2.30 bits per heavy atom. The third-order valence-corrected chi connectivity index (χ3v) is 8.18. The van der Waals surface area contributed by atoms with E-state index in [0.29, 0.717) is 18.4 Å². The van der Waals surface area contributed by atoms with Gasteiger partial charge in [-0.1, -0.05) is 67.6 Å². The molecule has 2 aliphatic rings. The first-order valence-electron chi connectivity index (χ1n) is 11.0. The van der Waals surface area contributed by atoms with Crippen LogP contribution in [0.1, 0.15) is 30.9 Å². The van der Waals surface area contributed by atoms with E-state index >= 15 is 0 Å². The number of hydrogen-bond acceptors (Lipinski definition) is 5. The second-order valence-corrected chi connectivity index (χ2v) is 10.7. The summed E-state index contributed by atoms with van der Waals surface area (Å²) in [6.07, 6.45) is 0.671. The summed E-state index contributed by atoms with van der Waals surface area (Å²) in [5.74, 6) is -1.03. The van der Waals surface area contributed by atoms with Gasteiger partial charge in [-0.25, -0.2) is 13.2 Å². The van der Waals surface area contributed by atoms with Gasteiger partial charge in [0.1, 0.15) is 12.1 Å². The van der Waals surface area contributed by atoms with Crippen LogP contribution in [0.3, 0.4) is 0 Å². The molecule has 2 aromatic rings. The maximum absolute atomic E-state index is 13.4. The van der Waals surface area contributed by atoms with E-state index in [1.54, 1.807) is 24.3 Å². The molecule has 8 nitrogen and oxygen atoms in total. The van der Waals surface area contributed by atoms with Gasteiger partial charge in [-0.3, -0.25) is 14.5 Å². The molecule has 0 radical (unpaired) electrons. The van der Waals surface area contributed by atoms with Crippen molar-refractivity contribution in [3.05, 3.63) is 71.8 Å². The number of amides is 4. The van der Waals surface area contributed by atoms with E-state index in [1.165, 1.54) is 4.90 Å². The summed E-state index contributed by atoms with van der Waals surface area (Å²) in [6, 6.07) is 17.1. The van der Waals surface area contributed by atoms with Crippen LogP contribution in [0.4, 0.5) is 4.79 Å². The van der Waals surface area contributed by atoms with Crippen molar-refractivity contribution in [2.75, 3.05) is 18.1 Å². The molecule has 0 bridgehead atoms. The zero-order valence-corrected chi connectivity index (χ0v) is 19.3. The summed E-state index contributed by atoms with van der Waals surface area (Å²) in [5, 5.41) is 2.78. The fourth-order valence-electron chi connectivity index (χ4n) is 4.58. The molecule has 0 spiro atoms. The molecule has 2 aliphatic heterocycles. The van der Waals surface area contributed by atoms with Crippen molar-refractivity contribution >= 4 is 27.7 Å². The first kappa shape index (κ1) is 23.0. The molecular formula is C24H27N3O5S. The van der Waals surface area contributed by atoms with Crippen LogP contribution in [0.15, 0.2) is 60.7 Å². The van der Waals surface area contributed by atoms with Gasteiger partial charge in [-0.15, -0.1) is 0 Å². The number of benzene rings is 2. The molecule has 2 saturated heterocycles. The molecule has 1 N–H and O–H groups in total. The molecule has 0 saturated carbocycles. The average molecular weight is 470 g/mol. The first-order valence-corrected chi connectivity index (χ1v) is 12.8. The normalized spacial score (nSPS) is 24.0. The molecule has 9 heteroatoms. The number of carbonyl (C=O) groups is 3. The van der Waals surface area contributed by atoms with E-state index in [9.17, 15) is 22.8 Å². The van der Waals surface area contributed by atoms with Gasteiger partial charge in [0.25, 0.3) is 5.91 Å². The second-order valence-electron chi connectivity index (χ2n) is 8.51. The largest absolute Gasteiger partial charge is 0.333 e. The highest BCUT2D eigenvalue weighted by molar-refractivity contribution is 7.91. The smallest absolute Gasteiger partial charge is 0.325 e. The number of imide groups is 1. The second kappa shape index (κ2) is 8.97. The molecule has 2 atom stereocenters. The van der Waals surface area contributed by atoms with Crippen LogP contribution in [0.2, 0.25) is 0 Å². The van der Waals surface area contributed by atoms with Crippen LogP contribution >= 0.6 is 0 Å². The van der Waals surface area contributed by atoms with Crippen molar-refractivity contribution in [3.63, 3.8) is 0 Å². The van der Waals surface area contributed by atoms with Crippen molar-refractivity contribution in [3.8, 4) is 0 Å². The van der Waals surface area contributed by atoms with E-state index in [4.69, 9.17) is 0 Å². The molecular weight excluding hydrogens is 442 g/mol. The molecule has 33 heavy (non-hydrogen) atoms. The Bertz CT molecular complexity index is 1150. The first-order chi connectivity index (χ1) is 15.8. The minimum Gasteiger partial charge on any atom is -0.333 e. The predicted octanol–water partition coefficient (Wildman–Crippen LogP) is 2.06. The molecule has 4 rings (SSSR count). The van der Waals surface area contributed by atoms with Crippen LogP contribution < -0.4 is 5.32 Å². The van der Waals surface area contributed by atoms with Gasteiger partial charge in [-0.05, 0) is 24.0 Å². The van der Waals surface area contributed by atoms with Gasteiger partial charge in [-0.2, -0.15) is 0 Å². The quantitative estimate of drug-likeness (QED) is 0.625. The lowest BCUT2D eigenvalue weighted by molar-refractivity contribution is -0.140. The minimum atomic E-state index is -3.23. The standard InChI is InChI=1S/C24H27N3O5S/c1-2-24(19-11-7-4-8-12-19)22(29)27(23(30)25-24)16-21(28)26(15-18-9-5-3-6-10-18)20-13-14-33(31,32)17-20/h3-12,20H,2,13-17H2,1H3,(H,25,30). The van der Waals surface area contributed by atoms with Gasteiger partial charge in [0.15, 0.2) is 9.84 Å². The molecule has 2 unspecified atom stereocenters. The highest BCUT2D eigenvalue weighted by Gasteiger charge is 2.52. The van der Waals surface area contributed by atoms with Gasteiger partial charge >= 0.3 is 6.03 Å². The van der Waals surface area contributed by atoms with E-state index in [2.05, 4.69) is 5.32 Å². The third-order valence-electron chi connectivity index (χ3n) is 6.43. The molecule has 2 heterocycles. The summed E-state index contributed by atoms with van der Waals surface area (Å²) in [7, 11) is -3.23. The van der Waals surface area contributed by atoms with Crippen LogP contribution in [0.5, 0.6) is 0 Å². The third kappa shape index (κ3) is 4.50. The Balaban J connectivity index is 1.58. The Labute approximate surface area is 193 Å².